The van der Waals surface area contributed by atoms with E-state index in [1.54, 1.807) is 36.4 Å². The van der Waals surface area contributed by atoms with Crippen LogP contribution in [0.1, 0.15) is 41.4 Å². The third kappa shape index (κ3) is 4.17. The molecule has 16 heteroatoms. The average molecular weight is 799 g/mol. The lowest BCUT2D eigenvalue weighted by Crippen LogP contribution is -2.32. The van der Waals surface area contributed by atoms with Gasteiger partial charge in [-0.05, 0) is 66.0 Å². The first kappa shape index (κ1) is 35.1. The van der Waals surface area contributed by atoms with Crippen LogP contribution in [0.2, 0.25) is 0 Å². The van der Waals surface area contributed by atoms with Gasteiger partial charge in [0.15, 0.2) is 46.5 Å². The van der Waals surface area contributed by atoms with Crippen molar-refractivity contribution in [1.82, 2.24) is 0 Å². The van der Waals surface area contributed by atoms with Gasteiger partial charge in [0, 0.05) is 0 Å². The van der Waals surface area contributed by atoms with E-state index in [4.69, 9.17) is 0 Å². The predicted molar refractivity (Wildman–Crippen MR) is 189 cm³/mol. The van der Waals surface area contributed by atoms with Crippen LogP contribution in [0, 0.1) is 58.2 Å². The lowest BCUT2D eigenvalue weighted by atomic mass is 9.90. The number of anilines is 2. The second kappa shape index (κ2) is 11.6. The van der Waals surface area contributed by atoms with Gasteiger partial charge in [0.2, 0.25) is 11.6 Å². The summed E-state index contributed by atoms with van der Waals surface area (Å²) in [5.41, 5.74) is -4.72. The van der Waals surface area contributed by atoms with Crippen molar-refractivity contribution in [2.24, 2.45) is 0 Å². The monoisotopic (exact) mass is 798 g/mol. The number of benzene rings is 8. The number of hydrogen-bond acceptors (Lipinski definition) is 4. The van der Waals surface area contributed by atoms with Crippen LogP contribution in [-0.4, -0.2) is 23.6 Å². The zero-order valence-corrected chi connectivity index (χ0v) is 28.2. The van der Waals surface area contributed by atoms with Gasteiger partial charge in [-0.25, -0.2) is 53.7 Å². The molecule has 0 radical (unpaired) electrons. The molecule has 4 amide bonds. The summed E-state index contributed by atoms with van der Waals surface area (Å²) in [6.45, 7) is 0. The van der Waals surface area contributed by atoms with Crippen LogP contribution in [0.3, 0.4) is 0 Å². The number of nitrogens with zero attached hydrogens (tertiary/aromatic N) is 2. The first-order chi connectivity index (χ1) is 27.6. The SMILES string of the molecule is O=C1c2ccc3c(ccc4c3ccc3c5ccc6c7c(ccc6c5ccc43)C(=O)N(c3c(F)c(F)c(F)c(F)c3F)C7=O)c2C(=O)N1c1c(F)c(F)c(F)c(F)c1F. The van der Waals surface area contributed by atoms with Gasteiger partial charge in [-0.15, -0.1) is 0 Å². The van der Waals surface area contributed by atoms with Crippen LogP contribution < -0.4 is 9.80 Å². The molecule has 0 saturated carbocycles. The minimum atomic E-state index is -2.46. The number of carbonyl (C=O) groups is 4. The molecule has 2 aliphatic rings. The number of amides is 4. The summed E-state index contributed by atoms with van der Waals surface area (Å²) in [6.07, 6.45) is 0. The van der Waals surface area contributed by atoms with Crippen molar-refractivity contribution in [2.45, 2.75) is 0 Å². The molecule has 2 aliphatic heterocycles. The van der Waals surface area contributed by atoms with E-state index in [0.717, 1.165) is 0 Å². The van der Waals surface area contributed by atoms with Gasteiger partial charge in [-0.2, -0.15) is 0 Å². The normalized spacial score (nSPS) is 14.1. The Balaban J connectivity index is 1.10. The molecule has 0 bridgehead atoms. The van der Waals surface area contributed by atoms with Gasteiger partial charge in [0.25, 0.3) is 23.6 Å². The number of fused-ring (bicyclic) bond motifs is 13. The first-order valence-corrected chi connectivity index (χ1v) is 16.8. The molecule has 0 atom stereocenters. The molecule has 0 N–H and O–H groups in total. The number of halogens is 10. The molecule has 0 fully saturated rings. The van der Waals surface area contributed by atoms with E-state index in [9.17, 15) is 63.1 Å². The fourth-order valence-corrected chi connectivity index (χ4v) is 8.12. The molecule has 2 heterocycles. The number of rotatable bonds is 2. The summed E-state index contributed by atoms with van der Waals surface area (Å²) in [7, 11) is 0. The Morgan fingerprint density at radius 2 is 0.466 bits per heavy atom. The highest BCUT2D eigenvalue weighted by Gasteiger charge is 2.45. The van der Waals surface area contributed by atoms with Crippen molar-refractivity contribution in [1.29, 1.82) is 0 Å². The van der Waals surface area contributed by atoms with Crippen LogP contribution in [-0.2, 0) is 0 Å². The van der Waals surface area contributed by atoms with E-state index in [2.05, 4.69) is 0 Å². The molecular weight excluding hydrogens is 786 g/mol. The molecule has 0 aliphatic carbocycles. The Hall–Kier alpha value is -7.36. The molecule has 284 valence electrons. The van der Waals surface area contributed by atoms with Crippen molar-refractivity contribution < 1.29 is 63.1 Å². The minimum absolute atomic E-state index is 0.0865. The lowest BCUT2D eigenvalue weighted by molar-refractivity contribution is 0.0907. The van der Waals surface area contributed by atoms with Crippen LogP contribution >= 0.6 is 0 Å². The highest BCUT2D eigenvalue weighted by Crippen LogP contribution is 2.44. The smallest absolute Gasteiger partial charge is 0.266 e. The molecule has 8 aromatic carbocycles. The quantitative estimate of drug-likeness (QED) is 0.0574. The van der Waals surface area contributed by atoms with E-state index in [-0.39, 0.29) is 42.8 Å². The molecule has 10 rings (SSSR count). The summed E-state index contributed by atoms with van der Waals surface area (Å²) in [5.74, 6) is -28.9. The van der Waals surface area contributed by atoms with Gasteiger partial charge >= 0.3 is 0 Å². The number of carbonyl (C=O) groups excluding carboxylic acids is 4. The molecular formula is C42H12F10N2O4. The first-order valence-electron chi connectivity index (χ1n) is 16.8. The van der Waals surface area contributed by atoms with Crippen LogP contribution in [0.25, 0.3) is 53.9 Å². The molecule has 0 saturated heterocycles. The summed E-state index contributed by atoms with van der Waals surface area (Å²) in [6, 6.07) is 18.3. The van der Waals surface area contributed by atoms with Crippen molar-refractivity contribution in [2.75, 3.05) is 9.80 Å². The van der Waals surface area contributed by atoms with Crippen LogP contribution in [0.15, 0.2) is 72.8 Å². The Bertz CT molecular complexity index is 3120. The molecule has 6 nitrogen and oxygen atoms in total. The summed E-state index contributed by atoms with van der Waals surface area (Å²) in [5, 5.41) is 4.72. The Morgan fingerprint density at radius 3 is 0.741 bits per heavy atom. The molecule has 0 spiro atoms. The van der Waals surface area contributed by atoms with Crippen molar-refractivity contribution >= 4 is 88.9 Å². The maximum absolute atomic E-state index is 14.8. The predicted octanol–water partition coefficient (Wildman–Crippen LogP) is 10.4. The van der Waals surface area contributed by atoms with Crippen molar-refractivity contribution in [3.05, 3.63) is 153 Å². The fraction of sp³-hybridized carbons (Fsp3) is 0. The largest absolute Gasteiger partial charge is 0.268 e. The highest BCUT2D eigenvalue weighted by molar-refractivity contribution is 6.40. The van der Waals surface area contributed by atoms with Gasteiger partial charge in [-0.3, -0.25) is 19.2 Å². The lowest BCUT2D eigenvalue weighted by Gasteiger charge is -2.17. The number of imide groups is 2. The maximum atomic E-state index is 14.8. The van der Waals surface area contributed by atoms with E-state index >= 15 is 0 Å². The third-order valence-electron chi connectivity index (χ3n) is 10.7. The standard InChI is InChI=1S/C42H12F10N2O4/c43-27-29(45)33(49)37(34(50)30(27)46)53-39(55)23-11-7-19-17-3-1-13-14(16(17)6-10-21(19)25(23)41(53)57)2-4-18-15(13)5-9-22-20(18)8-12-24-26(22)42(58)54(40(24)56)38-35(51)31(47)28(44)32(48)36(38)52/h1-12H. The van der Waals surface area contributed by atoms with Gasteiger partial charge in [0.05, 0.1) is 22.3 Å². The van der Waals surface area contributed by atoms with E-state index < -0.39 is 93.2 Å². The van der Waals surface area contributed by atoms with E-state index in [0.29, 0.717) is 43.1 Å². The highest BCUT2D eigenvalue weighted by atomic mass is 19.2. The molecule has 0 unspecified atom stereocenters. The summed E-state index contributed by atoms with van der Waals surface area (Å²) >= 11 is 0. The van der Waals surface area contributed by atoms with Crippen molar-refractivity contribution in [3.8, 4) is 0 Å². The molecule has 0 aromatic heterocycles. The molecule has 8 aromatic rings. The Morgan fingerprint density at radius 1 is 0.259 bits per heavy atom. The van der Waals surface area contributed by atoms with Crippen LogP contribution in [0.5, 0.6) is 0 Å². The van der Waals surface area contributed by atoms with Crippen LogP contribution in [0.4, 0.5) is 55.3 Å². The minimum Gasteiger partial charge on any atom is -0.268 e. The average Bonchev–Trinajstić information content (AvgIpc) is 3.63. The second-order valence-electron chi connectivity index (χ2n) is 13.4. The second-order valence-corrected chi connectivity index (χ2v) is 13.4. The van der Waals surface area contributed by atoms with E-state index in [1.165, 1.54) is 36.4 Å². The van der Waals surface area contributed by atoms with E-state index in [1.807, 2.05) is 0 Å². The Kier molecular flexibility index (Phi) is 7.01. The van der Waals surface area contributed by atoms with Gasteiger partial charge in [-0.1, -0.05) is 60.7 Å². The van der Waals surface area contributed by atoms with Gasteiger partial charge in [0.1, 0.15) is 11.4 Å². The zero-order valence-electron chi connectivity index (χ0n) is 28.2. The summed E-state index contributed by atoms with van der Waals surface area (Å²) < 4.78 is 143. The Labute approximate surface area is 314 Å². The zero-order chi connectivity index (χ0) is 41.0. The van der Waals surface area contributed by atoms with Gasteiger partial charge < -0.3 is 0 Å². The summed E-state index contributed by atoms with van der Waals surface area (Å²) in [4.78, 5) is 53.6. The topological polar surface area (TPSA) is 74.8 Å². The van der Waals surface area contributed by atoms with Crippen molar-refractivity contribution in [3.63, 3.8) is 0 Å². The number of hydrogen-bond donors (Lipinski definition) is 0. The third-order valence-corrected chi connectivity index (χ3v) is 10.7. The fourth-order valence-electron chi connectivity index (χ4n) is 8.12. The molecule has 58 heavy (non-hydrogen) atoms. The maximum Gasteiger partial charge on any atom is 0.266 e.